The van der Waals surface area contributed by atoms with E-state index in [1.807, 2.05) is 0 Å². The van der Waals surface area contributed by atoms with Gasteiger partial charge in [0, 0.05) is 18.7 Å². The Morgan fingerprint density at radius 3 is 2.90 bits per heavy atom. The number of benzene rings is 1. The van der Waals surface area contributed by atoms with Gasteiger partial charge in [-0.25, -0.2) is 0 Å². The van der Waals surface area contributed by atoms with E-state index < -0.39 is 6.61 Å². The first-order valence-corrected chi connectivity index (χ1v) is 7.05. The maximum atomic E-state index is 12.5. The van der Waals surface area contributed by atoms with E-state index in [9.17, 15) is 13.6 Å². The van der Waals surface area contributed by atoms with Crippen molar-refractivity contribution in [3.63, 3.8) is 0 Å². The van der Waals surface area contributed by atoms with Crippen LogP contribution in [0.3, 0.4) is 0 Å². The van der Waals surface area contributed by atoms with Gasteiger partial charge in [0.1, 0.15) is 5.75 Å². The lowest BCUT2D eigenvalue weighted by Gasteiger charge is -2.29. The quantitative estimate of drug-likeness (QED) is 0.908. The van der Waals surface area contributed by atoms with Gasteiger partial charge >= 0.3 is 6.61 Å². The van der Waals surface area contributed by atoms with Gasteiger partial charge in [-0.2, -0.15) is 8.78 Å². The van der Waals surface area contributed by atoms with E-state index >= 15 is 0 Å². The molecule has 0 spiro atoms. The molecule has 116 valence electrons. The Kier molecular flexibility index (Phi) is 5.12. The minimum absolute atomic E-state index is 0.00829. The van der Waals surface area contributed by atoms with Crippen molar-refractivity contribution in [3.05, 3.63) is 29.8 Å². The fourth-order valence-corrected chi connectivity index (χ4v) is 2.96. The second kappa shape index (κ2) is 6.85. The number of rotatable bonds is 5. The van der Waals surface area contributed by atoms with Crippen LogP contribution >= 0.6 is 0 Å². The van der Waals surface area contributed by atoms with Crippen molar-refractivity contribution in [2.24, 2.45) is 11.7 Å². The van der Waals surface area contributed by atoms with E-state index in [0.29, 0.717) is 18.0 Å². The van der Waals surface area contributed by atoms with Gasteiger partial charge in [0.25, 0.3) is 5.91 Å². The molecule has 0 heterocycles. The lowest BCUT2D eigenvalue weighted by atomic mass is 10.0. The first kappa shape index (κ1) is 15.7. The molecule has 6 heteroatoms. The van der Waals surface area contributed by atoms with Crippen LogP contribution in [0.5, 0.6) is 5.75 Å². The molecule has 0 saturated heterocycles. The molecule has 1 saturated carbocycles. The molecule has 2 atom stereocenters. The predicted molar refractivity (Wildman–Crippen MR) is 75.4 cm³/mol. The number of hydrogen-bond donors (Lipinski definition) is 1. The van der Waals surface area contributed by atoms with Gasteiger partial charge in [0.05, 0.1) is 0 Å². The van der Waals surface area contributed by atoms with Crippen LogP contribution < -0.4 is 10.5 Å². The lowest BCUT2D eigenvalue weighted by molar-refractivity contribution is -0.0499. The van der Waals surface area contributed by atoms with Gasteiger partial charge in [-0.3, -0.25) is 4.79 Å². The second-order valence-electron chi connectivity index (χ2n) is 5.32. The first-order chi connectivity index (χ1) is 10.0. The Balaban J connectivity index is 2.12. The summed E-state index contributed by atoms with van der Waals surface area (Å²) in [6.07, 6.45) is 3.00. The van der Waals surface area contributed by atoms with Crippen LogP contribution in [0.4, 0.5) is 8.78 Å². The Bertz CT molecular complexity index is 496. The third-order valence-electron chi connectivity index (χ3n) is 4.05. The molecule has 1 aromatic rings. The number of carbonyl (C=O) groups is 1. The monoisotopic (exact) mass is 298 g/mol. The highest BCUT2D eigenvalue weighted by molar-refractivity contribution is 5.94. The summed E-state index contributed by atoms with van der Waals surface area (Å²) < 4.78 is 28.8. The second-order valence-corrected chi connectivity index (χ2v) is 5.32. The summed E-state index contributed by atoms with van der Waals surface area (Å²) in [6, 6.07) is 6.00. The molecule has 1 fully saturated rings. The summed E-state index contributed by atoms with van der Waals surface area (Å²) in [5.41, 5.74) is 6.08. The SMILES string of the molecule is CN(C(=O)c1cccc(OC(F)F)c1)C1CCCC1CN. The maximum Gasteiger partial charge on any atom is 0.387 e. The maximum absolute atomic E-state index is 12.5. The Hall–Kier alpha value is -1.69. The average Bonchev–Trinajstić information content (AvgIpc) is 2.93. The molecular weight excluding hydrogens is 278 g/mol. The van der Waals surface area contributed by atoms with Crippen LogP contribution in [0.2, 0.25) is 0 Å². The zero-order chi connectivity index (χ0) is 15.4. The highest BCUT2D eigenvalue weighted by Crippen LogP contribution is 2.29. The van der Waals surface area contributed by atoms with Crippen molar-refractivity contribution in [2.75, 3.05) is 13.6 Å². The standard InChI is InChI=1S/C15H20F2N2O2/c1-19(13-7-3-5-11(13)9-18)14(20)10-4-2-6-12(8-10)21-15(16)17/h2,4,6,8,11,13,15H,3,5,7,9,18H2,1H3. The average molecular weight is 298 g/mol. The lowest BCUT2D eigenvalue weighted by Crippen LogP contribution is -2.41. The third-order valence-corrected chi connectivity index (χ3v) is 4.05. The summed E-state index contributed by atoms with van der Waals surface area (Å²) in [7, 11) is 1.74. The zero-order valence-electron chi connectivity index (χ0n) is 12.0. The van der Waals surface area contributed by atoms with E-state index in [1.165, 1.54) is 18.2 Å². The van der Waals surface area contributed by atoms with Crippen molar-refractivity contribution in [3.8, 4) is 5.75 Å². The summed E-state index contributed by atoms with van der Waals surface area (Å²) in [4.78, 5) is 14.1. The number of hydrogen-bond acceptors (Lipinski definition) is 3. The van der Waals surface area contributed by atoms with Gasteiger partial charge in [-0.15, -0.1) is 0 Å². The normalized spacial score (nSPS) is 21.6. The fourth-order valence-electron chi connectivity index (χ4n) is 2.96. The first-order valence-electron chi connectivity index (χ1n) is 7.05. The minimum Gasteiger partial charge on any atom is -0.435 e. The third kappa shape index (κ3) is 3.69. The Morgan fingerprint density at radius 2 is 2.24 bits per heavy atom. The Morgan fingerprint density at radius 1 is 1.48 bits per heavy atom. The van der Waals surface area contributed by atoms with Gasteiger partial charge in [-0.05, 0) is 43.5 Å². The van der Waals surface area contributed by atoms with Crippen LogP contribution in [0.15, 0.2) is 24.3 Å². The topological polar surface area (TPSA) is 55.6 Å². The molecule has 21 heavy (non-hydrogen) atoms. The van der Waals surface area contributed by atoms with Crippen LogP contribution in [-0.4, -0.2) is 37.1 Å². The molecule has 1 aromatic carbocycles. The molecule has 0 bridgehead atoms. The molecule has 1 aliphatic carbocycles. The van der Waals surface area contributed by atoms with Crippen molar-refractivity contribution >= 4 is 5.91 Å². The molecule has 0 aliphatic heterocycles. The number of carbonyl (C=O) groups excluding carboxylic acids is 1. The fraction of sp³-hybridized carbons (Fsp3) is 0.533. The van der Waals surface area contributed by atoms with E-state index in [2.05, 4.69) is 4.74 Å². The summed E-state index contributed by atoms with van der Waals surface area (Å²) >= 11 is 0. The summed E-state index contributed by atoms with van der Waals surface area (Å²) in [6.45, 7) is -2.35. The summed E-state index contributed by atoms with van der Waals surface area (Å²) in [5.74, 6) is 0.102. The van der Waals surface area contributed by atoms with Crippen LogP contribution in [0.25, 0.3) is 0 Å². The Labute approximate surface area is 122 Å². The van der Waals surface area contributed by atoms with Crippen LogP contribution in [-0.2, 0) is 0 Å². The van der Waals surface area contributed by atoms with Crippen molar-refractivity contribution in [2.45, 2.75) is 31.9 Å². The number of nitrogens with two attached hydrogens (primary N) is 1. The number of nitrogens with zero attached hydrogens (tertiary/aromatic N) is 1. The molecular formula is C15H20F2N2O2. The molecule has 0 radical (unpaired) electrons. The van der Waals surface area contributed by atoms with E-state index in [1.54, 1.807) is 18.0 Å². The molecule has 1 aliphatic rings. The van der Waals surface area contributed by atoms with Crippen LogP contribution in [0.1, 0.15) is 29.6 Å². The molecule has 0 aromatic heterocycles. The number of halogens is 2. The number of amides is 1. The summed E-state index contributed by atoms with van der Waals surface area (Å²) in [5, 5.41) is 0. The minimum atomic E-state index is -2.90. The molecule has 2 N–H and O–H groups in total. The smallest absolute Gasteiger partial charge is 0.387 e. The number of alkyl halides is 2. The molecule has 4 nitrogen and oxygen atoms in total. The van der Waals surface area contributed by atoms with Gasteiger partial charge in [-0.1, -0.05) is 12.5 Å². The highest BCUT2D eigenvalue weighted by Gasteiger charge is 2.32. The van der Waals surface area contributed by atoms with Gasteiger partial charge in [0.15, 0.2) is 0 Å². The van der Waals surface area contributed by atoms with Crippen molar-refractivity contribution < 1.29 is 18.3 Å². The largest absolute Gasteiger partial charge is 0.435 e. The zero-order valence-corrected chi connectivity index (χ0v) is 12.0. The predicted octanol–water partition coefficient (Wildman–Crippen LogP) is 2.49. The number of ether oxygens (including phenoxy) is 1. The van der Waals surface area contributed by atoms with Gasteiger partial charge in [0.2, 0.25) is 0 Å². The highest BCUT2D eigenvalue weighted by atomic mass is 19.3. The molecule has 2 rings (SSSR count). The van der Waals surface area contributed by atoms with Gasteiger partial charge < -0.3 is 15.4 Å². The van der Waals surface area contributed by atoms with E-state index in [4.69, 9.17) is 5.73 Å². The van der Waals surface area contributed by atoms with E-state index in [-0.39, 0.29) is 17.7 Å². The van der Waals surface area contributed by atoms with Crippen LogP contribution in [0, 0.1) is 5.92 Å². The van der Waals surface area contributed by atoms with E-state index in [0.717, 1.165) is 19.3 Å². The van der Waals surface area contributed by atoms with Crippen molar-refractivity contribution in [1.82, 2.24) is 4.90 Å². The molecule has 1 amide bonds. The molecule has 2 unspecified atom stereocenters. The van der Waals surface area contributed by atoms with Crippen molar-refractivity contribution in [1.29, 1.82) is 0 Å².